The predicted octanol–water partition coefficient (Wildman–Crippen LogP) is 4.56. The number of thiophene rings is 1. The Balaban J connectivity index is 2.16. The van der Waals surface area contributed by atoms with Crippen molar-refractivity contribution in [3.05, 3.63) is 57.5 Å². The Labute approximate surface area is 176 Å². The van der Waals surface area contributed by atoms with Crippen molar-refractivity contribution in [2.24, 2.45) is 0 Å². The zero-order valence-corrected chi connectivity index (χ0v) is 18.2. The maximum atomic E-state index is 13.3. The van der Waals surface area contributed by atoms with Gasteiger partial charge in [-0.1, -0.05) is 25.5 Å². The van der Waals surface area contributed by atoms with Gasteiger partial charge in [0, 0.05) is 29.4 Å². The molecule has 7 heteroatoms. The number of nitrogens with zero attached hydrogens (tertiary/aromatic N) is 2. The average molecular weight is 420 g/mol. The first-order chi connectivity index (χ1) is 13.9. The van der Waals surface area contributed by atoms with Crippen molar-refractivity contribution in [3.63, 3.8) is 0 Å². The van der Waals surface area contributed by atoms with Gasteiger partial charge in [-0.05, 0) is 50.1 Å². The zero-order chi connectivity index (χ0) is 21.2. The van der Waals surface area contributed by atoms with Crippen LogP contribution in [0.15, 0.2) is 36.4 Å². The lowest BCUT2D eigenvalue weighted by Crippen LogP contribution is -2.46. The molecule has 0 radical (unpaired) electrons. The van der Waals surface area contributed by atoms with Crippen LogP contribution in [0, 0.1) is 12.7 Å². The Kier molecular flexibility index (Phi) is 9.12. The largest absolute Gasteiger partial charge is 0.338 e. The second-order valence-corrected chi connectivity index (χ2v) is 8.37. The SMILES string of the molecule is CCCCN(CC(=O)N(Cc1ccc(F)cc1)Cc1ccc(C)s1)C(=O)NCC. The van der Waals surface area contributed by atoms with E-state index in [1.807, 2.05) is 26.0 Å². The van der Waals surface area contributed by atoms with Gasteiger partial charge in [0.1, 0.15) is 12.4 Å². The molecule has 29 heavy (non-hydrogen) atoms. The van der Waals surface area contributed by atoms with E-state index in [4.69, 9.17) is 0 Å². The van der Waals surface area contributed by atoms with Crippen molar-refractivity contribution in [2.45, 2.75) is 46.7 Å². The van der Waals surface area contributed by atoms with E-state index in [9.17, 15) is 14.0 Å². The van der Waals surface area contributed by atoms with Gasteiger partial charge in [-0.15, -0.1) is 11.3 Å². The summed E-state index contributed by atoms with van der Waals surface area (Å²) in [5.74, 6) is -0.426. The number of aryl methyl sites for hydroxylation is 1. The summed E-state index contributed by atoms with van der Waals surface area (Å²) in [7, 11) is 0. The smallest absolute Gasteiger partial charge is 0.317 e. The average Bonchev–Trinajstić information content (AvgIpc) is 3.11. The number of benzene rings is 1. The van der Waals surface area contributed by atoms with E-state index in [1.54, 1.807) is 33.3 Å². The van der Waals surface area contributed by atoms with Gasteiger partial charge in [0.05, 0.1) is 6.54 Å². The van der Waals surface area contributed by atoms with Crippen LogP contribution in [0.2, 0.25) is 0 Å². The molecule has 0 unspecified atom stereocenters. The molecule has 5 nitrogen and oxygen atoms in total. The molecule has 2 rings (SSSR count). The highest BCUT2D eigenvalue weighted by Gasteiger charge is 2.21. The molecule has 1 N–H and O–H groups in total. The van der Waals surface area contributed by atoms with Gasteiger partial charge in [0.15, 0.2) is 0 Å². The van der Waals surface area contributed by atoms with E-state index >= 15 is 0 Å². The molecule has 0 saturated carbocycles. The van der Waals surface area contributed by atoms with Gasteiger partial charge in [-0.2, -0.15) is 0 Å². The fraction of sp³-hybridized carbons (Fsp3) is 0.455. The number of rotatable bonds is 10. The number of unbranched alkanes of at least 4 members (excludes halogenated alkanes) is 1. The fourth-order valence-electron chi connectivity index (χ4n) is 2.93. The molecular formula is C22H30FN3O2S. The van der Waals surface area contributed by atoms with E-state index in [1.165, 1.54) is 17.0 Å². The third-order valence-corrected chi connectivity index (χ3v) is 5.49. The lowest BCUT2D eigenvalue weighted by molar-refractivity contribution is -0.133. The van der Waals surface area contributed by atoms with E-state index in [-0.39, 0.29) is 24.3 Å². The summed E-state index contributed by atoms with van der Waals surface area (Å²) < 4.78 is 13.3. The van der Waals surface area contributed by atoms with Crippen LogP contribution in [-0.2, 0) is 17.9 Å². The topological polar surface area (TPSA) is 52.7 Å². The van der Waals surface area contributed by atoms with Crippen LogP contribution >= 0.6 is 11.3 Å². The number of hydrogen-bond acceptors (Lipinski definition) is 3. The summed E-state index contributed by atoms with van der Waals surface area (Å²) in [4.78, 5) is 31.1. The van der Waals surface area contributed by atoms with Crippen LogP contribution in [0.3, 0.4) is 0 Å². The first kappa shape index (κ1) is 22.9. The number of halogens is 1. The first-order valence-corrected chi connectivity index (χ1v) is 10.8. The van der Waals surface area contributed by atoms with Gasteiger partial charge < -0.3 is 15.1 Å². The minimum atomic E-state index is -0.303. The molecule has 0 atom stereocenters. The molecule has 0 spiro atoms. The molecule has 2 aromatic rings. The van der Waals surface area contributed by atoms with Gasteiger partial charge in [0.2, 0.25) is 5.91 Å². The summed E-state index contributed by atoms with van der Waals surface area (Å²) in [6.07, 6.45) is 1.78. The molecule has 0 saturated heterocycles. The molecule has 3 amide bonds. The lowest BCUT2D eigenvalue weighted by Gasteiger charge is -2.27. The second-order valence-electron chi connectivity index (χ2n) is 7.00. The van der Waals surface area contributed by atoms with Gasteiger partial charge in [-0.3, -0.25) is 4.79 Å². The summed E-state index contributed by atoms with van der Waals surface area (Å²) in [6, 6.07) is 10.0. The number of carbonyl (C=O) groups is 2. The summed E-state index contributed by atoms with van der Waals surface area (Å²) >= 11 is 1.65. The quantitative estimate of drug-likeness (QED) is 0.614. The molecule has 1 aromatic carbocycles. The van der Waals surface area contributed by atoms with Gasteiger partial charge >= 0.3 is 6.03 Å². The zero-order valence-electron chi connectivity index (χ0n) is 17.4. The minimum Gasteiger partial charge on any atom is -0.338 e. The van der Waals surface area contributed by atoms with E-state index in [2.05, 4.69) is 12.2 Å². The molecule has 1 heterocycles. The van der Waals surface area contributed by atoms with E-state index < -0.39 is 0 Å². The van der Waals surface area contributed by atoms with Crippen LogP contribution in [0.5, 0.6) is 0 Å². The highest BCUT2D eigenvalue weighted by Crippen LogP contribution is 2.19. The van der Waals surface area contributed by atoms with Crippen LogP contribution in [0.1, 0.15) is 42.0 Å². The number of carbonyl (C=O) groups excluding carboxylic acids is 2. The lowest BCUT2D eigenvalue weighted by atomic mass is 10.2. The van der Waals surface area contributed by atoms with Crippen molar-refractivity contribution in [1.29, 1.82) is 0 Å². The van der Waals surface area contributed by atoms with Gasteiger partial charge in [-0.25, -0.2) is 9.18 Å². The highest BCUT2D eigenvalue weighted by atomic mass is 32.1. The third-order valence-electron chi connectivity index (χ3n) is 4.51. The molecule has 0 fully saturated rings. The normalized spacial score (nSPS) is 10.6. The minimum absolute atomic E-state index is 0.0252. The predicted molar refractivity (Wildman–Crippen MR) is 115 cm³/mol. The highest BCUT2D eigenvalue weighted by molar-refractivity contribution is 7.11. The van der Waals surface area contributed by atoms with Crippen LogP contribution < -0.4 is 5.32 Å². The van der Waals surface area contributed by atoms with E-state index in [0.29, 0.717) is 26.2 Å². The summed E-state index contributed by atoms with van der Waals surface area (Å²) in [5.41, 5.74) is 0.853. The molecular weight excluding hydrogens is 389 g/mol. The Morgan fingerprint density at radius 2 is 1.76 bits per heavy atom. The number of urea groups is 1. The number of amides is 3. The van der Waals surface area contributed by atoms with Gasteiger partial charge in [0.25, 0.3) is 0 Å². The summed E-state index contributed by atoms with van der Waals surface area (Å²) in [6.45, 7) is 7.85. The van der Waals surface area contributed by atoms with Crippen LogP contribution in [-0.4, -0.2) is 41.4 Å². The molecule has 0 aliphatic rings. The fourth-order valence-corrected chi connectivity index (χ4v) is 3.83. The molecule has 0 bridgehead atoms. The molecule has 0 aliphatic carbocycles. The molecule has 158 valence electrons. The van der Waals surface area contributed by atoms with Crippen LogP contribution in [0.4, 0.5) is 9.18 Å². The van der Waals surface area contributed by atoms with Crippen molar-refractivity contribution in [3.8, 4) is 0 Å². The maximum absolute atomic E-state index is 13.3. The molecule has 1 aromatic heterocycles. The van der Waals surface area contributed by atoms with Crippen molar-refractivity contribution < 1.29 is 14.0 Å². The first-order valence-electron chi connectivity index (χ1n) is 10.0. The Morgan fingerprint density at radius 3 is 2.34 bits per heavy atom. The van der Waals surface area contributed by atoms with E-state index in [0.717, 1.165) is 23.3 Å². The molecule has 0 aliphatic heterocycles. The second kappa shape index (κ2) is 11.6. The summed E-state index contributed by atoms with van der Waals surface area (Å²) in [5, 5.41) is 2.78. The van der Waals surface area contributed by atoms with Crippen molar-refractivity contribution >= 4 is 23.3 Å². The Hall–Kier alpha value is -2.41. The van der Waals surface area contributed by atoms with Crippen LogP contribution in [0.25, 0.3) is 0 Å². The maximum Gasteiger partial charge on any atom is 0.317 e. The number of nitrogens with one attached hydrogen (secondary N) is 1. The van der Waals surface area contributed by atoms with Crippen molar-refractivity contribution in [1.82, 2.24) is 15.1 Å². The monoisotopic (exact) mass is 419 g/mol. The Morgan fingerprint density at radius 1 is 1.03 bits per heavy atom. The standard InChI is InChI=1S/C22H30FN3O2S/c1-4-6-13-25(22(28)24-5-2)16-21(27)26(15-20-12-7-17(3)29-20)14-18-8-10-19(23)11-9-18/h7-12H,4-6,13-16H2,1-3H3,(H,24,28). The third kappa shape index (κ3) is 7.49. The Bertz CT molecular complexity index is 792. The number of hydrogen-bond donors (Lipinski definition) is 1. The van der Waals surface area contributed by atoms with Crippen molar-refractivity contribution in [2.75, 3.05) is 19.6 Å².